The van der Waals surface area contributed by atoms with Crippen molar-refractivity contribution < 1.29 is 4.79 Å². The van der Waals surface area contributed by atoms with E-state index in [4.69, 9.17) is 34.8 Å². The maximum absolute atomic E-state index is 12.0. The van der Waals surface area contributed by atoms with E-state index >= 15 is 0 Å². The third-order valence-electron chi connectivity index (χ3n) is 2.41. The van der Waals surface area contributed by atoms with Gasteiger partial charge in [0.25, 0.3) is 5.91 Å². The number of hydrogen-bond acceptors (Lipinski definition) is 2. The topological polar surface area (TPSA) is 32.3 Å². The molecule has 0 aliphatic heterocycles. The Labute approximate surface area is 122 Å². The molecule has 0 radical (unpaired) electrons. The summed E-state index contributed by atoms with van der Waals surface area (Å²) in [5.41, 5.74) is 1.61. The number of amides is 1. The van der Waals surface area contributed by atoms with Crippen molar-refractivity contribution in [1.29, 1.82) is 0 Å². The lowest BCUT2D eigenvalue weighted by molar-refractivity contribution is 0.0892. The van der Waals surface area contributed by atoms with Gasteiger partial charge in [-0.05, 0) is 33.2 Å². The molecule has 18 heavy (non-hydrogen) atoms. The molecule has 1 amide bonds. The van der Waals surface area contributed by atoms with Crippen LogP contribution in [0.15, 0.2) is 24.3 Å². The molecule has 0 spiro atoms. The third kappa shape index (κ3) is 4.32. The van der Waals surface area contributed by atoms with Crippen LogP contribution in [0.5, 0.6) is 0 Å². The average Bonchev–Trinajstić information content (AvgIpc) is 2.24. The summed E-state index contributed by atoms with van der Waals surface area (Å²) in [5, 5.41) is 2.68. The molecule has 3 nitrogen and oxygen atoms in total. The van der Waals surface area contributed by atoms with Crippen LogP contribution >= 0.6 is 34.8 Å². The molecule has 0 saturated carbocycles. The second kappa shape index (κ2) is 6.11. The lowest BCUT2D eigenvalue weighted by Gasteiger charge is -2.31. The van der Waals surface area contributed by atoms with Crippen LogP contribution in [0.4, 0.5) is 0 Å². The van der Waals surface area contributed by atoms with Crippen molar-refractivity contribution in [1.82, 2.24) is 10.2 Å². The van der Waals surface area contributed by atoms with Gasteiger partial charge in [-0.15, -0.1) is 0 Å². The molecule has 0 aliphatic rings. The summed E-state index contributed by atoms with van der Waals surface area (Å²) in [5.74, 6) is -0.278. The molecule has 0 bridgehead atoms. The van der Waals surface area contributed by atoms with Crippen molar-refractivity contribution in [3.05, 3.63) is 35.4 Å². The number of alkyl halides is 3. The summed E-state index contributed by atoms with van der Waals surface area (Å²) >= 11 is 17.5. The van der Waals surface area contributed by atoms with Gasteiger partial charge in [0, 0.05) is 5.56 Å². The standard InChI is InChI=1S/C12H15Cl3N2O/c1-8-4-6-9(7-5-8)10(18)16-11(17(2)3)12(13,14)15/h4-7,11H,1-3H3,(H,16,18)/t11-/m0/s1. The van der Waals surface area contributed by atoms with Gasteiger partial charge in [-0.2, -0.15) is 0 Å². The zero-order valence-electron chi connectivity index (χ0n) is 10.4. The molecule has 0 aliphatic carbocycles. The number of nitrogens with one attached hydrogen (secondary N) is 1. The highest BCUT2D eigenvalue weighted by molar-refractivity contribution is 6.68. The number of nitrogens with zero attached hydrogens (tertiary/aromatic N) is 1. The summed E-state index contributed by atoms with van der Waals surface area (Å²) in [6, 6.07) is 7.18. The fraction of sp³-hybridized carbons (Fsp3) is 0.417. The van der Waals surface area contributed by atoms with E-state index in [-0.39, 0.29) is 5.91 Å². The Balaban J connectivity index is 2.82. The fourth-order valence-electron chi connectivity index (χ4n) is 1.42. The Morgan fingerprint density at radius 3 is 2.11 bits per heavy atom. The van der Waals surface area contributed by atoms with Crippen molar-refractivity contribution in [2.75, 3.05) is 14.1 Å². The second-order valence-corrected chi connectivity index (χ2v) is 6.62. The van der Waals surface area contributed by atoms with Crippen molar-refractivity contribution in [3.63, 3.8) is 0 Å². The Morgan fingerprint density at radius 2 is 1.72 bits per heavy atom. The zero-order chi connectivity index (χ0) is 13.9. The van der Waals surface area contributed by atoms with Crippen LogP contribution in [0.2, 0.25) is 0 Å². The van der Waals surface area contributed by atoms with Crippen molar-refractivity contribution in [3.8, 4) is 0 Å². The number of halogens is 3. The van der Waals surface area contributed by atoms with Gasteiger partial charge in [-0.25, -0.2) is 0 Å². The smallest absolute Gasteiger partial charge is 0.252 e. The van der Waals surface area contributed by atoms with Crippen LogP contribution in [-0.2, 0) is 0 Å². The van der Waals surface area contributed by atoms with E-state index in [1.165, 1.54) is 0 Å². The summed E-state index contributed by atoms with van der Waals surface area (Å²) in [7, 11) is 3.45. The summed E-state index contributed by atoms with van der Waals surface area (Å²) in [4.78, 5) is 13.6. The van der Waals surface area contributed by atoms with Crippen LogP contribution in [0.25, 0.3) is 0 Å². The average molecular weight is 310 g/mol. The van der Waals surface area contributed by atoms with E-state index in [1.54, 1.807) is 31.1 Å². The maximum Gasteiger partial charge on any atom is 0.252 e. The van der Waals surface area contributed by atoms with E-state index in [0.29, 0.717) is 5.56 Å². The molecule has 0 saturated heterocycles. The van der Waals surface area contributed by atoms with E-state index in [0.717, 1.165) is 5.56 Å². The molecule has 1 rings (SSSR count). The number of carbonyl (C=O) groups is 1. The highest BCUT2D eigenvalue weighted by Crippen LogP contribution is 2.31. The first kappa shape index (κ1) is 15.6. The van der Waals surface area contributed by atoms with E-state index in [1.807, 2.05) is 19.1 Å². The molecule has 100 valence electrons. The third-order valence-corrected chi connectivity index (χ3v) is 3.03. The number of rotatable bonds is 3. The summed E-state index contributed by atoms with van der Waals surface area (Å²) in [6.45, 7) is 1.95. The molecule has 0 unspecified atom stereocenters. The Kier molecular flexibility index (Phi) is 5.29. The van der Waals surface area contributed by atoms with Crippen LogP contribution in [-0.4, -0.2) is 34.9 Å². The lowest BCUT2D eigenvalue weighted by Crippen LogP contribution is -2.52. The Bertz CT molecular complexity index is 412. The van der Waals surface area contributed by atoms with Crippen molar-refractivity contribution in [2.45, 2.75) is 16.9 Å². The SMILES string of the molecule is Cc1ccc(C(=O)N[C@@H](N(C)C)C(Cl)(Cl)Cl)cc1. The van der Waals surface area contributed by atoms with Gasteiger partial charge in [-0.3, -0.25) is 9.69 Å². The van der Waals surface area contributed by atoms with Crippen molar-refractivity contribution >= 4 is 40.7 Å². The Hall–Kier alpha value is -0.480. The summed E-state index contributed by atoms with van der Waals surface area (Å²) in [6.07, 6.45) is -0.698. The maximum atomic E-state index is 12.0. The molecular weight excluding hydrogens is 295 g/mol. The van der Waals surface area contributed by atoms with E-state index < -0.39 is 9.96 Å². The molecule has 0 heterocycles. The normalized spacial score (nSPS) is 13.5. The van der Waals surface area contributed by atoms with Crippen LogP contribution in [0.3, 0.4) is 0 Å². The van der Waals surface area contributed by atoms with Gasteiger partial charge in [0.15, 0.2) is 0 Å². The monoisotopic (exact) mass is 308 g/mol. The van der Waals surface area contributed by atoms with Crippen molar-refractivity contribution in [2.24, 2.45) is 0 Å². The minimum absolute atomic E-state index is 0.278. The van der Waals surface area contributed by atoms with E-state index in [2.05, 4.69) is 5.32 Å². The molecule has 1 aromatic rings. The number of aryl methyl sites for hydroxylation is 1. The quantitative estimate of drug-likeness (QED) is 0.688. The highest BCUT2D eigenvalue weighted by atomic mass is 35.6. The van der Waals surface area contributed by atoms with Crippen LogP contribution in [0.1, 0.15) is 15.9 Å². The van der Waals surface area contributed by atoms with Gasteiger partial charge in [-0.1, -0.05) is 52.5 Å². The molecule has 1 N–H and O–H groups in total. The molecule has 1 atom stereocenters. The van der Waals surface area contributed by atoms with Crippen LogP contribution < -0.4 is 5.32 Å². The largest absolute Gasteiger partial charge is 0.332 e. The number of benzene rings is 1. The van der Waals surface area contributed by atoms with Gasteiger partial charge in [0.05, 0.1) is 0 Å². The first-order valence-electron chi connectivity index (χ1n) is 5.32. The predicted molar refractivity (Wildman–Crippen MR) is 76.4 cm³/mol. The number of hydrogen-bond donors (Lipinski definition) is 1. The van der Waals surface area contributed by atoms with Gasteiger partial charge >= 0.3 is 0 Å². The first-order valence-corrected chi connectivity index (χ1v) is 6.46. The lowest BCUT2D eigenvalue weighted by atomic mass is 10.1. The fourth-order valence-corrected chi connectivity index (χ4v) is 2.17. The van der Waals surface area contributed by atoms with Crippen LogP contribution in [0, 0.1) is 6.92 Å². The number of carbonyl (C=O) groups excluding carboxylic acids is 1. The molecule has 0 aromatic heterocycles. The molecule has 1 aromatic carbocycles. The Morgan fingerprint density at radius 1 is 1.22 bits per heavy atom. The second-order valence-electron chi connectivity index (χ2n) is 4.25. The van der Waals surface area contributed by atoms with Gasteiger partial charge in [0.2, 0.25) is 3.79 Å². The minimum atomic E-state index is -1.59. The zero-order valence-corrected chi connectivity index (χ0v) is 12.6. The van der Waals surface area contributed by atoms with E-state index in [9.17, 15) is 4.79 Å². The first-order chi connectivity index (χ1) is 8.21. The summed E-state index contributed by atoms with van der Waals surface area (Å²) < 4.78 is -1.59. The van der Waals surface area contributed by atoms with Gasteiger partial charge < -0.3 is 5.32 Å². The molecule has 0 fully saturated rings. The molecule has 6 heteroatoms. The van der Waals surface area contributed by atoms with Gasteiger partial charge in [0.1, 0.15) is 6.17 Å². The minimum Gasteiger partial charge on any atom is -0.332 e. The predicted octanol–water partition coefficient (Wildman–Crippen LogP) is 2.98. The highest BCUT2D eigenvalue weighted by Gasteiger charge is 2.35. The molecular formula is C12H15Cl3N2O.